The van der Waals surface area contributed by atoms with Gasteiger partial charge < -0.3 is 5.32 Å². The Kier molecular flexibility index (Phi) is 5.70. The summed E-state index contributed by atoms with van der Waals surface area (Å²) < 4.78 is 0. The number of nitrogens with one attached hydrogen (secondary N) is 1. The second kappa shape index (κ2) is 5.72. The van der Waals surface area contributed by atoms with Gasteiger partial charge in [0.1, 0.15) is 0 Å². The molecule has 0 aromatic heterocycles. The molecule has 0 aromatic rings. The van der Waals surface area contributed by atoms with Crippen LogP contribution >= 0.6 is 0 Å². The van der Waals surface area contributed by atoms with Crippen LogP contribution < -0.4 is 5.32 Å². The molecule has 0 aliphatic heterocycles. The Labute approximate surface area is 65.2 Å². The second-order valence-electron chi connectivity index (χ2n) is 3.36. The third-order valence-corrected chi connectivity index (χ3v) is 1.61. The normalized spacial score (nSPS) is 14.1. The highest BCUT2D eigenvalue weighted by Crippen LogP contribution is 1.99. The van der Waals surface area contributed by atoms with Crippen molar-refractivity contribution in [1.29, 1.82) is 0 Å². The molecule has 0 radical (unpaired) electrons. The first-order chi connectivity index (χ1) is 4.66. The fourth-order valence-corrected chi connectivity index (χ4v) is 1.16. The number of hydrogen-bond donors (Lipinski definition) is 1. The third kappa shape index (κ3) is 6.09. The summed E-state index contributed by atoms with van der Waals surface area (Å²) >= 11 is 0. The van der Waals surface area contributed by atoms with Gasteiger partial charge in [-0.3, -0.25) is 0 Å². The lowest BCUT2D eigenvalue weighted by Gasteiger charge is -2.15. The van der Waals surface area contributed by atoms with Crippen molar-refractivity contribution in [3.05, 3.63) is 0 Å². The molecule has 1 atom stereocenters. The maximum atomic E-state index is 3.48. The van der Waals surface area contributed by atoms with Gasteiger partial charge in [0.25, 0.3) is 0 Å². The van der Waals surface area contributed by atoms with E-state index in [4.69, 9.17) is 0 Å². The van der Waals surface area contributed by atoms with Crippen LogP contribution in [0.2, 0.25) is 0 Å². The summed E-state index contributed by atoms with van der Waals surface area (Å²) in [5.74, 6) is 0. The molecular weight excluding hydrogens is 122 g/mol. The maximum Gasteiger partial charge on any atom is 0.00410 e. The summed E-state index contributed by atoms with van der Waals surface area (Å²) in [6, 6.07) is 1.33. The fraction of sp³-hybridized carbons (Fsp3) is 1.00. The third-order valence-electron chi connectivity index (χ3n) is 1.61. The molecule has 0 spiro atoms. The zero-order valence-electron chi connectivity index (χ0n) is 7.78. The van der Waals surface area contributed by atoms with Crippen LogP contribution in [0.4, 0.5) is 0 Å². The number of unbranched alkanes of at least 4 members (excludes halogenated alkanes) is 1. The molecule has 1 unspecified atom stereocenters. The molecule has 1 heteroatoms. The summed E-state index contributed by atoms with van der Waals surface area (Å²) in [5.41, 5.74) is 0. The summed E-state index contributed by atoms with van der Waals surface area (Å²) in [6.45, 7) is 8.89. The number of hydrogen-bond acceptors (Lipinski definition) is 1. The van der Waals surface area contributed by atoms with Gasteiger partial charge in [-0.15, -0.1) is 0 Å². The molecule has 0 rings (SSSR count). The summed E-state index contributed by atoms with van der Waals surface area (Å²) in [4.78, 5) is 0. The average Bonchev–Trinajstić information content (AvgIpc) is 1.82. The average molecular weight is 143 g/mol. The van der Waals surface area contributed by atoms with Gasteiger partial charge in [-0.1, -0.05) is 33.6 Å². The van der Waals surface area contributed by atoms with Crippen molar-refractivity contribution in [2.75, 3.05) is 0 Å². The minimum absolute atomic E-state index is 0.631. The van der Waals surface area contributed by atoms with Gasteiger partial charge in [0.15, 0.2) is 0 Å². The Morgan fingerprint density at radius 3 is 2.20 bits per heavy atom. The van der Waals surface area contributed by atoms with Gasteiger partial charge in [0.2, 0.25) is 0 Å². The van der Waals surface area contributed by atoms with Crippen LogP contribution in [0.5, 0.6) is 0 Å². The Morgan fingerprint density at radius 2 is 1.80 bits per heavy atom. The van der Waals surface area contributed by atoms with Crippen molar-refractivity contribution in [3.8, 4) is 0 Å². The van der Waals surface area contributed by atoms with E-state index in [0.717, 1.165) is 0 Å². The largest absolute Gasteiger partial charge is 0.312 e. The summed E-state index contributed by atoms with van der Waals surface area (Å²) in [5, 5.41) is 3.48. The number of rotatable bonds is 5. The molecule has 10 heavy (non-hydrogen) atoms. The second-order valence-corrected chi connectivity index (χ2v) is 3.36. The van der Waals surface area contributed by atoms with E-state index in [1.54, 1.807) is 0 Å². The van der Waals surface area contributed by atoms with Crippen LogP contribution in [0.25, 0.3) is 0 Å². The van der Waals surface area contributed by atoms with Crippen LogP contribution in [-0.2, 0) is 0 Å². The maximum absolute atomic E-state index is 3.48. The van der Waals surface area contributed by atoms with E-state index >= 15 is 0 Å². The quantitative estimate of drug-likeness (QED) is 0.623. The molecule has 0 heterocycles. The Morgan fingerprint density at radius 1 is 1.20 bits per heavy atom. The highest BCUT2D eigenvalue weighted by Gasteiger charge is 2.00. The van der Waals surface area contributed by atoms with Gasteiger partial charge in [0.05, 0.1) is 0 Å². The lowest BCUT2D eigenvalue weighted by molar-refractivity contribution is 0.453. The van der Waals surface area contributed by atoms with E-state index in [1.807, 2.05) is 0 Å². The van der Waals surface area contributed by atoms with Crippen LogP contribution in [0, 0.1) is 0 Å². The van der Waals surface area contributed by atoms with Gasteiger partial charge in [0, 0.05) is 12.1 Å². The minimum atomic E-state index is 0.631. The first kappa shape index (κ1) is 9.96. The SMILES string of the molecule is CCCCC(C)NC(C)C. The van der Waals surface area contributed by atoms with E-state index in [1.165, 1.54) is 19.3 Å². The molecule has 0 aliphatic carbocycles. The molecule has 0 bridgehead atoms. The topological polar surface area (TPSA) is 12.0 Å². The molecule has 0 fully saturated rings. The van der Waals surface area contributed by atoms with Gasteiger partial charge in [-0.2, -0.15) is 0 Å². The molecule has 0 saturated heterocycles. The van der Waals surface area contributed by atoms with Gasteiger partial charge in [-0.25, -0.2) is 0 Å². The van der Waals surface area contributed by atoms with Crippen molar-refractivity contribution in [2.24, 2.45) is 0 Å². The van der Waals surface area contributed by atoms with Crippen molar-refractivity contribution >= 4 is 0 Å². The Bertz CT molecular complexity index is 69.1. The molecule has 0 amide bonds. The van der Waals surface area contributed by atoms with Crippen molar-refractivity contribution in [3.63, 3.8) is 0 Å². The lowest BCUT2D eigenvalue weighted by Crippen LogP contribution is -2.32. The van der Waals surface area contributed by atoms with E-state index in [9.17, 15) is 0 Å². The molecule has 62 valence electrons. The van der Waals surface area contributed by atoms with E-state index in [2.05, 4.69) is 33.0 Å². The predicted octanol–water partition coefficient (Wildman–Crippen LogP) is 2.56. The minimum Gasteiger partial charge on any atom is -0.312 e. The van der Waals surface area contributed by atoms with Crippen molar-refractivity contribution < 1.29 is 0 Å². The van der Waals surface area contributed by atoms with Crippen LogP contribution in [-0.4, -0.2) is 12.1 Å². The zero-order valence-corrected chi connectivity index (χ0v) is 7.78. The predicted molar refractivity (Wildman–Crippen MR) is 47.3 cm³/mol. The van der Waals surface area contributed by atoms with Crippen LogP contribution in [0.15, 0.2) is 0 Å². The molecule has 1 nitrogen and oxygen atoms in total. The molecule has 1 N–H and O–H groups in total. The molecular formula is C9H21N. The highest BCUT2D eigenvalue weighted by molar-refractivity contribution is 4.62. The summed E-state index contributed by atoms with van der Waals surface area (Å²) in [6.07, 6.45) is 3.97. The molecule has 0 aromatic carbocycles. The monoisotopic (exact) mass is 143 g/mol. The highest BCUT2D eigenvalue weighted by atomic mass is 14.9. The van der Waals surface area contributed by atoms with Crippen molar-refractivity contribution in [2.45, 2.75) is 59.0 Å². The van der Waals surface area contributed by atoms with Gasteiger partial charge in [-0.05, 0) is 13.3 Å². The van der Waals surface area contributed by atoms with Crippen LogP contribution in [0.1, 0.15) is 47.0 Å². The van der Waals surface area contributed by atoms with E-state index < -0.39 is 0 Å². The van der Waals surface area contributed by atoms with E-state index in [0.29, 0.717) is 12.1 Å². The first-order valence-corrected chi connectivity index (χ1v) is 4.42. The standard InChI is InChI=1S/C9H21N/c1-5-6-7-9(4)10-8(2)3/h8-10H,5-7H2,1-4H3. The van der Waals surface area contributed by atoms with E-state index in [-0.39, 0.29) is 0 Å². The Balaban J connectivity index is 3.16. The fourth-order valence-electron chi connectivity index (χ4n) is 1.16. The molecule has 0 saturated carbocycles. The molecule has 0 aliphatic rings. The Hall–Kier alpha value is -0.0400. The summed E-state index contributed by atoms with van der Waals surface area (Å²) in [7, 11) is 0. The van der Waals surface area contributed by atoms with Gasteiger partial charge >= 0.3 is 0 Å². The lowest BCUT2D eigenvalue weighted by atomic mass is 10.1. The zero-order chi connectivity index (χ0) is 7.98. The van der Waals surface area contributed by atoms with Crippen LogP contribution in [0.3, 0.4) is 0 Å². The smallest absolute Gasteiger partial charge is 0.00410 e. The first-order valence-electron chi connectivity index (χ1n) is 4.42. The van der Waals surface area contributed by atoms with Crippen molar-refractivity contribution in [1.82, 2.24) is 5.32 Å².